The van der Waals surface area contributed by atoms with Gasteiger partial charge in [-0.25, -0.2) is 8.78 Å². The number of hydrogen-bond acceptors (Lipinski definition) is 2. The van der Waals surface area contributed by atoms with Crippen LogP contribution in [0.5, 0.6) is 0 Å². The van der Waals surface area contributed by atoms with E-state index < -0.39 is 18.1 Å². The predicted molar refractivity (Wildman–Crippen MR) is 51.3 cm³/mol. The first-order valence-corrected chi connectivity index (χ1v) is 4.62. The Labute approximate surface area is 93.4 Å². The number of aromatic nitrogens is 3. The van der Waals surface area contributed by atoms with E-state index in [0.717, 1.165) is 0 Å². The van der Waals surface area contributed by atoms with Crippen LogP contribution in [0.4, 0.5) is 13.2 Å². The van der Waals surface area contributed by atoms with Crippen molar-refractivity contribution in [2.45, 2.75) is 6.43 Å². The fourth-order valence-corrected chi connectivity index (χ4v) is 1.37. The summed E-state index contributed by atoms with van der Waals surface area (Å²) in [6.07, 6.45) is -2.99. The molecule has 3 nitrogen and oxygen atoms in total. The van der Waals surface area contributed by atoms with E-state index in [0.29, 0.717) is 9.70 Å². The molecule has 0 amide bonds. The third-order valence-corrected chi connectivity index (χ3v) is 2.13. The normalized spacial score (nSPS) is 11.1. The molecule has 0 aliphatic carbocycles. The average Bonchev–Trinajstić information content (AvgIpc) is 2.60. The van der Waals surface area contributed by atoms with Crippen molar-refractivity contribution >= 4 is 11.6 Å². The van der Waals surface area contributed by atoms with Crippen LogP contribution in [0.25, 0.3) is 5.69 Å². The van der Waals surface area contributed by atoms with Crippen LogP contribution in [0.1, 0.15) is 12.1 Å². The summed E-state index contributed by atoms with van der Waals surface area (Å²) < 4.78 is 38.6. The third-order valence-electron chi connectivity index (χ3n) is 1.90. The summed E-state index contributed by atoms with van der Waals surface area (Å²) in [6.45, 7) is 0. The molecule has 0 fully saturated rings. The van der Waals surface area contributed by atoms with Crippen molar-refractivity contribution in [3.63, 3.8) is 0 Å². The number of rotatable bonds is 2. The molecule has 0 atom stereocenters. The van der Waals surface area contributed by atoms with Crippen LogP contribution in [-0.2, 0) is 0 Å². The van der Waals surface area contributed by atoms with Crippen LogP contribution in [0.15, 0.2) is 24.3 Å². The molecule has 0 saturated carbocycles. The summed E-state index contributed by atoms with van der Waals surface area (Å²) in [6, 6.07) is 6.02. The third kappa shape index (κ3) is 1.88. The quantitative estimate of drug-likeness (QED) is 0.817. The van der Waals surface area contributed by atoms with Gasteiger partial charge in [-0.15, -0.1) is 5.10 Å². The van der Waals surface area contributed by atoms with Crippen molar-refractivity contribution in [2.24, 2.45) is 0 Å². The first-order valence-electron chi connectivity index (χ1n) is 4.25. The van der Waals surface area contributed by atoms with E-state index >= 15 is 0 Å². The molecule has 7 heteroatoms. The van der Waals surface area contributed by atoms with Crippen LogP contribution in [0, 0.1) is 5.95 Å². The molecule has 0 N–H and O–H groups in total. The number of alkyl halides is 2. The number of halogens is 4. The molecule has 0 unspecified atom stereocenters. The number of hydrogen-bond donors (Lipinski definition) is 0. The molecule has 2 rings (SSSR count). The minimum absolute atomic E-state index is 0.240. The lowest BCUT2D eigenvalue weighted by Gasteiger charge is -2.01. The van der Waals surface area contributed by atoms with Crippen molar-refractivity contribution in [2.75, 3.05) is 0 Å². The van der Waals surface area contributed by atoms with Crippen LogP contribution in [0.3, 0.4) is 0 Å². The lowest BCUT2D eigenvalue weighted by molar-refractivity contribution is 0.140. The maximum atomic E-state index is 13.4. The maximum absolute atomic E-state index is 13.4. The van der Waals surface area contributed by atoms with E-state index in [4.69, 9.17) is 11.6 Å². The van der Waals surface area contributed by atoms with Gasteiger partial charge in [-0.3, -0.25) is 0 Å². The lowest BCUT2D eigenvalue weighted by atomic mass is 10.3. The summed E-state index contributed by atoms with van der Waals surface area (Å²) in [4.78, 5) is 0. The molecule has 0 aliphatic rings. The van der Waals surface area contributed by atoms with Gasteiger partial charge >= 0.3 is 0 Å². The van der Waals surface area contributed by atoms with Crippen LogP contribution in [0.2, 0.25) is 5.02 Å². The molecule has 0 saturated heterocycles. The van der Waals surface area contributed by atoms with Crippen molar-refractivity contribution < 1.29 is 13.2 Å². The Morgan fingerprint density at radius 3 is 2.62 bits per heavy atom. The van der Waals surface area contributed by atoms with E-state index in [1.54, 1.807) is 12.1 Å². The Balaban J connectivity index is 2.49. The molecule has 0 aliphatic heterocycles. The highest BCUT2D eigenvalue weighted by Gasteiger charge is 2.21. The summed E-state index contributed by atoms with van der Waals surface area (Å²) >= 11 is 5.68. The second kappa shape index (κ2) is 4.13. The van der Waals surface area contributed by atoms with E-state index in [2.05, 4.69) is 10.3 Å². The molecule has 1 heterocycles. The summed E-state index contributed by atoms with van der Waals surface area (Å²) in [5.41, 5.74) is -0.732. The van der Waals surface area contributed by atoms with Gasteiger partial charge in [0.15, 0.2) is 5.69 Å². The average molecular weight is 248 g/mol. The van der Waals surface area contributed by atoms with Crippen molar-refractivity contribution in [1.29, 1.82) is 0 Å². The highest BCUT2D eigenvalue weighted by atomic mass is 35.5. The summed E-state index contributed by atoms with van der Waals surface area (Å²) in [7, 11) is 0. The Kier molecular flexibility index (Phi) is 2.82. The van der Waals surface area contributed by atoms with E-state index in [-0.39, 0.29) is 5.69 Å². The van der Waals surface area contributed by atoms with Gasteiger partial charge in [0.05, 0.1) is 5.69 Å². The molecule has 1 aromatic carbocycles. The van der Waals surface area contributed by atoms with E-state index in [9.17, 15) is 13.2 Å². The Hall–Kier alpha value is -1.56. The second-order valence-electron chi connectivity index (χ2n) is 2.96. The minimum atomic E-state index is -2.99. The van der Waals surface area contributed by atoms with Crippen LogP contribution >= 0.6 is 11.6 Å². The van der Waals surface area contributed by atoms with Gasteiger partial charge in [-0.1, -0.05) is 22.9 Å². The highest BCUT2D eigenvalue weighted by Crippen LogP contribution is 2.22. The summed E-state index contributed by atoms with van der Waals surface area (Å²) in [5.74, 6) is -1.18. The second-order valence-corrected chi connectivity index (χ2v) is 3.39. The molecule has 2 aromatic rings. The van der Waals surface area contributed by atoms with E-state index in [1.807, 2.05) is 0 Å². The smallest absolute Gasteiger partial charge is 0.203 e. The molecular formula is C9H5ClF3N3. The zero-order chi connectivity index (χ0) is 11.7. The molecule has 1 aromatic heterocycles. The van der Waals surface area contributed by atoms with Gasteiger partial charge in [0.2, 0.25) is 5.95 Å². The van der Waals surface area contributed by atoms with Gasteiger partial charge < -0.3 is 0 Å². The molecule has 0 bridgehead atoms. The first kappa shape index (κ1) is 10.9. The van der Waals surface area contributed by atoms with Gasteiger partial charge in [0, 0.05) is 5.02 Å². The number of nitrogens with zero attached hydrogens (tertiary/aromatic N) is 3. The predicted octanol–water partition coefficient (Wildman–Crippen LogP) is 3.00. The lowest BCUT2D eigenvalue weighted by Crippen LogP contribution is -2.00. The van der Waals surface area contributed by atoms with E-state index in [1.165, 1.54) is 12.1 Å². The molecule has 0 spiro atoms. The van der Waals surface area contributed by atoms with Gasteiger partial charge in [0.25, 0.3) is 6.43 Å². The van der Waals surface area contributed by atoms with Crippen molar-refractivity contribution in [1.82, 2.24) is 15.0 Å². The van der Waals surface area contributed by atoms with Crippen LogP contribution < -0.4 is 0 Å². The molecular weight excluding hydrogens is 243 g/mol. The zero-order valence-electron chi connectivity index (χ0n) is 7.74. The Bertz CT molecular complexity index is 512. The molecule has 0 radical (unpaired) electrons. The van der Waals surface area contributed by atoms with Crippen molar-refractivity contribution in [3.05, 3.63) is 40.9 Å². The van der Waals surface area contributed by atoms with Crippen molar-refractivity contribution in [3.8, 4) is 5.69 Å². The minimum Gasteiger partial charge on any atom is -0.203 e. The van der Waals surface area contributed by atoms with Gasteiger partial charge in [-0.05, 0) is 18.2 Å². The largest absolute Gasteiger partial charge is 0.286 e. The standard InChI is InChI=1S/C9H5ClF3N3/c10-5-2-1-3-6(4-5)16-9(13)7(8(11)12)14-15-16/h1-4,8H. The fraction of sp³-hybridized carbons (Fsp3) is 0.111. The molecule has 84 valence electrons. The fourth-order valence-electron chi connectivity index (χ4n) is 1.19. The number of benzene rings is 1. The SMILES string of the molecule is Fc1c(C(F)F)nnn1-c1cccc(Cl)c1. The Morgan fingerprint density at radius 2 is 2.06 bits per heavy atom. The Morgan fingerprint density at radius 1 is 1.31 bits per heavy atom. The topological polar surface area (TPSA) is 30.7 Å². The zero-order valence-corrected chi connectivity index (χ0v) is 8.50. The van der Waals surface area contributed by atoms with Crippen LogP contribution in [-0.4, -0.2) is 15.0 Å². The monoisotopic (exact) mass is 247 g/mol. The summed E-state index contributed by atoms with van der Waals surface area (Å²) in [5, 5.41) is 6.72. The van der Waals surface area contributed by atoms with Gasteiger partial charge in [0.1, 0.15) is 0 Å². The first-order chi connectivity index (χ1) is 7.59. The highest BCUT2D eigenvalue weighted by molar-refractivity contribution is 6.30. The maximum Gasteiger partial charge on any atom is 0.286 e. The molecule has 16 heavy (non-hydrogen) atoms. The van der Waals surface area contributed by atoms with Gasteiger partial charge in [-0.2, -0.15) is 9.07 Å².